The van der Waals surface area contributed by atoms with Crippen molar-refractivity contribution in [3.63, 3.8) is 0 Å². The molecular weight excluding hydrogens is 892 g/mol. The summed E-state index contributed by atoms with van der Waals surface area (Å²) < 4.78 is 63.7. The van der Waals surface area contributed by atoms with E-state index in [0.717, 1.165) is 28.7 Å². The fourth-order valence-corrected chi connectivity index (χ4v) is 8.90. The van der Waals surface area contributed by atoms with E-state index in [1.165, 1.54) is 37.4 Å². The average Bonchev–Trinajstić information content (AvgIpc) is 3.91. The van der Waals surface area contributed by atoms with E-state index in [0.29, 0.717) is 50.9 Å². The van der Waals surface area contributed by atoms with Gasteiger partial charge >= 0.3 is 5.92 Å². The Morgan fingerprint density at radius 1 is 0.971 bits per heavy atom. The van der Waals surface area contributed by atoms with E-state index in [4.69, 9.17) is 14.2 Å². The Morgan fingerprint density at radius 2 is 1.72 bits per heavy atom. The van der Waals surface area contributed by atoms with Crippen LogP contribution in [0.1, 0.15) is 117 Å². The van der Waals surface area contributed by atoms with Gasteiger partial charge < -0.3 is 40.0 Å². The number of imide groups is 2. The fourth-order valence-electron chi connectivity index (χ4n) is 8.90. The van der Waals surface area contributed by atoms with Gasteiger partial charge in [-0.2, -0.15) is 13.8 Å². The molecule has 1 saturated heterocycles. The number of benzene rings is 2. The highest BCUT2D eigenvalue weighted by molar-refractivity contribution is 6.25. The summed E-state index contributed by atoms with van der Waals surface area (Å²) in [7, 11) is 2.59. The first-order valence-corrected chi connectivity index (χ1v) is 22.8. The lowest BCUT2D eigenvalue weighted by atomic mass is 9.98. The number of hydrogen-bond donors (Lipinski definition) is 4. The quantitative estimate of drug-likeness (QED) is 0.0835. The van der Waals surface area contributed by atoms with Gasteiger partial charge in [0.25, 0.3) is 23.6 Å². The zero-order chi connectivity index (χ0) is 49.1. The Morgan fingerprint density at radius 3 is 2.43 bits per heavy atom. The molecule has 1 aromatic heterocycles. The van der Waals surface area contributed by atoms with Gasteiger partial charge in [-0.3, -0.25) is 39.0 Å². The minimum Gasteiger partial charge on any atom is -0.495 e. The van der Waals surface area contributed by atoms with Gasteiger partial charge in [0, 0.05) is 44.4 Å². The predicted molar refractivity (Wildman–Crippen MR) is 244 cm³/mol. The number of alkyl halides is 2. The molecule has 68 heavy (non-hydrogen) atoms. The maximum absolute atomic E-state index is 15.6. The van der Waals surface area contributed by atoms with Crippen molar-refractivity contribution in [2.45, 2.75) is 115 Å². The van der Waals surface area contributed by atoms with E-state index >= 15 is 13.2 Å². The number of nitrogens with one attached hydrogen (secondary N) is 4. The molecule has 2 fully saturated rings. The summed E-state index contributed by atoms with van der Waals surface area (Å²) >= 11 is 0. The summed E-state index contributed by atoms with van der Waals surface area (Å²) in [6, 6.07) is 5.86. The first kappa shape index (κ1) is 49.6. The number of anilines is 5. The summed E-state index contributed by atoms with van der Waals surface area (Å²) in [5.41, 5.74) is -0.505. The van der Waals surface area contributed by atoms with Gasteiger partial charge in [-0.05, 0) is 77.5 Å². The van der Waals surface area contributed by atoms with E-state index in [9.17, 15) is 28.8 Å². The van der Waals surface area contributed by atoms with Crippen molar-refractivity contribution < 1.29 is 56.1 Å². The third-order valence-corrected chi connectivity index (χ3v) is 13.1. The van der Waals surface area contributed by atoms with Gasteiger partial charge in [-0.15, -0.1) is 0 Å². The molecule has 4 heterocycles. The highest BCUT2D eigenvalue weighted by atomic mass is 19.3. The summed E-state index contributed by atoms with van der Waals surface area (Å²) in [5.74, 6) is -8.71. The number of amides is 6. The molecule has 2 unspecified atom stereocenters. The van der Waals surface area contributed by atoms with Gasteiger partial charge in [0.05, 0.1) is 66.6 Å². The average molecular weight is 950 g/mol. The monoisotopic (exact) mass is 949 g/mol. The topological polar surface area (TPSA) is 214 Å². The zero-order valence-corrected chi connectivity index (χ0v) is 39.1. The predicted octanol–water partition coefficient (Wildman–Crippen LogP) is 5.73. The van der Waals surface area contributed by atoms with Crippen LogP contribution < -0.4 is 35.8 Å². The molecule has 366 valence electrons. The molecule has 0 spiro atoms. The first-order valence-electron chi connectivity index (χ1n) is 22.8. The maximum Gasteiger partial charge on any atom is 0.342 e. The summed E-state index contributed by atoms with van der Waals surface area (Å²) in [6.07, 6.45) is 6.07. The van der Waals surface area contributed by atoms with Crippen molar-refractivity contribution in [3.05, 3.63) is 59.0 Å². The molecule has 3 aliphatic heterocycles. The number of rotatable bonds is 19. The van der Waals surface area contributed by atoms with Crippen LogP contribution in [0.25, 0.3) is 0 Å². The molecule has 3 aromatic rings. The van der Waals surface area contributed by atoms with E-state index in [2.05, 4.69) is 31.2 Å². The number of piperidine rings is 1. The summed E-state index contributed by atoms with van der Waals surface area (Å²) in [4.78, 5) is 88.7. The minimum absolute atomic E-state index is 0.0288. The smallest absolute Gasteiger partial charge is 0.342 e. The van der Waals surface area contributed by atoms with E-state index in [1.54, 1.807) is 12.1 Å². The number of fused-ring (bicyclic) bond motifs is 2. The highest BCUT2D eigenvalue weighted by Crippen LogP contribution is 2.41. The lowest BCUT2D eigenvalue weighted by Gasteiger charge is -2.32. The van der Waals surface area contributed by atoms with Gasteiger partial charge in [0.1, 0.15) is 23.3 Å². The summed E-state index contributed by atoms with van der Waals surface area (Å²) in [6.45, 7) is 7.84. The van der Waals surface area contributed by atoms with Crippen LogP contribution >= 0.6 is 0 Å². The molecule has 18 nitrogen and oxygen atoms in total. The number of halogens is 3. The number of methoxy groups -OCH3 is 1. The van der Waals surface area contributed by atoms with Crippen LogP contribution in [0, 0.1) is 5.82 Å². The normalized spacial score (nSPS) is 19.3. The Labute approximate surface area is 392 Å². The number of hydrogen-bond acceptors (Lipinski definition) is 14. The molecule has 21 heteroatoms. The van der Waals surface area contributed by atoms with Crippen molar-refractivity contribution >= 4 is 64.3 Å². The molecule has 6 amide bonds. The standard InChI is InChI=1S/C47H58F3N9O9/c1-7-46(4,18-21-67-45(2,3)17-19-51-31-14-10-13-28-37(31)42(64)59(41(28)63)33-15-16-36(60)55-40(33)62)68-22-20-52-39(61)29-23-35(66-6)32(24-30(29)48)54-44-53-25-34-38(56-44)58(27-11-8-9-12-27)26-47(49,50)43(65)57(34)5/h10,13-14,23-25,27,33,51H,7-9,11-12,15-22,26H2,1-6H3,(H,52,61)(H,53,54,56)(H,55,60,62). The van der Waals surface area contributed by atoms with Crippen LogP contribution in [-0.4, -0.2) is 127 Å². The van der Waals surface area contributed by atoms with Crippen LogP contribution in [0.5, 0.6) is 5.75 Å². The van der Waals surface area contributed by atoms with E-state index in [-0.39, 0.29) is 77.6 Å². The molecule has 1 saturated carbocycles. The van der Waals surface area contributed by atoms with Gasteiger partial charge in [-0.25, -0.2) is 9.37 Å². The van der Waals surface area contributed by atoms with Crippen LogP contribution in [0.4, 0.5) is 42.0 Å². The van der Waals surface area contributed by atoms with Crippen LogP contribution in [0.3, 0.4) is 0 Å². The third-order valence-electron chi connectivity index (χ3n) is 13.1. The maximum atomic E-state index is 15.6. The lowest BCUT2D eigenvalue weighted by molar-refractivity contribution is -0.140. The highest BCUT2D eigenvalue weighted by Gasteiger charge is 2.49. The van der Waals surface area contributed by atoms with Crippen molar-refractivity contribution in [2.75, 3.05) is 67.4 Å². The molecule has 1 aliphatic carbocycles. The van der Waals surface area contributed by atoms with Crippen LogP contribution in [0.2, 0.25) is 0 Å². The van der Waals surface area contributed by atoms with Gasteiger partial charge in [0.15, 0.2) is 5.82 Å². The number of carbonyl (C=O) groups excluding carboxylic acids is 6. The Kier molecular flexibility index (Phi) is 14.6. The Hall–Kier alpha value is -6.35. The fraction of sp³-hybridized carbons (Fsp3) is 0.532. The number of nitrogens with zero attached hydrogens (tertiary/aromatic N) is 5. The SMILES string of the molecule is CCC(C)(CCOC(C)(C)CCNc1cccc2c1C(=O)N(C1CCC(=O)NC1=O)C2=O)OCCNC(=O)c1cc(OC)c(Nc2ncc3c(n2)N(C2CCCC2)CC(F)(F)C(=O)N3C)cc1F. The molecule has 2 atom stereocenters. The van der Waals surface area contributed by atoms with Crippen molar-refractivity contribution in [2.24, 2.45) is 0 Å². The van der Waals surface area contributed by atoms with Gasteiger partial charge in [-0.1, -0.05) is 25.8 Å². The first-order chi connectivity index (χ1) is 32.3. The molecular formula is C47H58F3N9O9. The molecule has 7 rings (SSSR count). The second-order valence-corrected chi connectivity index (χ2v) is 18.3. The van der Waals surface area contributed by atoms with E-state index in [1.807, 2.05) is 27.7 Å². The van der Waals surface area contributed by atoms with Crippen molar-refractivity contribution in [3.8, 4) is 5.75 Å². The zero-order valence-electron chi connectivity index (χ0n) is 39.1. The molecule has 2 aromatic carbocycles. The second kappa shape index (κ2) is 20.1. The summed E-state index contributed by atoms with van der Waals surface area (Å²) in [5, 5.41) is 11.0. The second-order valence-electron chi connectivity index (χ2n) is 18.3. The van der Waals surface area contributed by atoms with Crippen LogP contribution in [-0.2, 0) is 23.9 Å². The van der Waals surface area contributed by atoms with E-state index < -0.39 is 71.0 Å². The Balaban J connectivity index is 0.886. The molecule has 0 bridgehead atoms. The molecule has 4 N–H and O–H groups in total. The Bertz CT molecular complexity index is 2470. The largest absolute Gasteiger partial charge is 0.495 e. The minimum atomic E-state index is -3.65. The van der Waals surface area contributed by atoms with Crippen LogP contribution in [0.15, 0.2) is 36.5 Å². The van der Waals surface area contributed by atoms with Crippen molar-refractivity contribution in [1.82, 2.24) is 25.5 Å². The third kappa shape index (κ3) is 10.5. The number of aromatic nitrogens is 2. The number of ether oxygens (including phenoxy) is 3. The molecule has 0 radical (unpaired) electrons. The molecule has 4 aliphatic rings. The lowest BCUT2D eigenvalue weighted by Crippen LogP contribution is -2.54. The number of carbonyl (C=O) groups is 6. The van der Waals surface area contributed by atoms with Crippen molar-refractivity contribution in [1.29, 1.82) is 0 Å². The van der Waals surface area contributed by atoms with Gasteiger partial charge in [0.2, 0.25) is 17.8 Å².